The van der Waals surface area contributed by atoms with Gasteiger partial charge in [0.15, 0.2) is 11.6 Å². The quantitative estimate of drug-likeness (QED) is 0.0486. The number of hydrogen-bond acceptors (Lipinski definition) is 5. The van der Waals surface area contributed by atoms with Crippen molar-refractivity contribution in [2.24, 2.45) is 0 Å². The maximum absolute atomic E-state index is 14.2. The van der Waals surface area contributed by atoms with E-state index in [1.807, 2.05) is 80.6 Å². The van der Waals surface area contributed by atoms with Crippen molar-refractivity contribution in [2.45, 2.75) is 65.8 Å². The molecule has 0 aliphatic rings. The normalized spacial score (nSPS) is 12.0. The predicted octanol–water partition coefficient (Wildman–Crippen LogP) is 9.56. The van der Waals surface area contributed by atoms with Crippen LogP contribution in [0.3, 0.4) is 0 Å². The number of fused-ring (bicyclic) bond motifs is 3. The fourth-order valence-corrected chi connectivity index (χ4v) is 7.17. The predicted molar refractivity (Wildman–Crippen MR) is 184 cm³/mol. The molecule has 1 heterocycles. The summed E-state index contributed by atoms with van der Waals surface area (Å²) >= 11 is 1.71. The lowest BCUT2D eigenvalue weighted by atomic mass is 9.96. The van der Waals surface area contributed by atoms with Crippen molar-refractivity contribution >= 4 is 51.1 Å². The minimum Gasteiger partial charge on any atom is -0.431 e. The molecule has 5 nitrogen and oxygen atoms in total. The number of ketones is 2. The van der Waals surface area contributed by atoms with Crippen molar-refractivity contribution in [2.75, 3.05) is 5.75 Å². The van der Waals surface area contributed by atoms with E-state index in [9.17, 15) is 14.4 Å². The van der Waals surface area contributed by atoms with Crippen LogP contribution >= 0.6 is 11.8 Å². The zero-order chi connectivity index (χ0) is 32.2. The molecule has 5 rings (SSSR count). The number of carbonyl (C=O) groups is 3. The Labute approximate surface area is 269 Å². The van der Waals surface area contributed by atoms with E-state index in [2.05, 4.69) is 37.5 Å². The summed E-state index contributed by atoms with van der Waals surface area (Å²) in [4.78, 5) is 41.0. The lowest BCUT2D eigenvalue weighted by Crippen LogP contribution is -2.11. The van der Waals surface area contributed by atoms with E-state index in [-0.39, 0.29) is 11.6 Å². The molecule has 6 heteroatoms. The minimum absolute atomic E-state index is 0.0276. The van der Waals surface area contributed by atoms with E-state index in [0.717, 1.165) is 33.9 Å². The van der Waals surface area contributed by atoms with E-state index in [4.69, 9.17) is 4.74 Å². The van der Waals surface area contributed by atoms with E-state index in [1.165, 1.54) is 22.9 Å². The van der Waals surface area contributed by atoms with Crippen LogP contribution < -0.4 is 0 Å². The van der Waals surface area contributed by atoms with Gasteiger partial charge in [-0.3, -0.25) is 14.4 Å². The number of Topliss-reactive ketones (excluding diaryl/α,β-unsaturated/α-hetero) is 1. The van der Waals surface area contributed by atoms with Gasteiger partial charge in [-0.1, -0.05) is 49.4 Å². The summed E-state index contributed by atoms with van der Waals surface area (Å²) in [6.45, 7) is 12.2. The number of rotatable bonds is 11. The number of aromatic nitrogens is 1. The molecule has 0 atom stereocenters. The Morgan fingerprint density at radius 3 is 1.96 bits per heavy atom. The summed E-state index contributed by atoms with van der Waals surface area (Å²) in [5.41, 5.74) is 7.66. The molecule has 0 spiro atoms. The zero-order valence-corrected chi connectivity index (χ0v) is 27.6. The summed E-state index contributed by atoms with van der Waals surface area (Å²) in [7, 11) is 0. The van der Waals surface area contributed by atoms with Gasteiger partial charge >= 0.3 is 5.97 Å². The Bertz CT molecular complexity index is 1960. The molecular weight excluding hydrogens is 578 g/mol. The minimum atomic E-state index is -0.438. The van der Waals surface area contributed by atoms with Gasteiger partial charge in [-0.25, -0.2) is 0 Å². The van der Waals surface area contributed by atoms with Gasteiger partial charge in [0.1, 0.15) is 5.76 Å². The average molecular weight is 618 g/mol. The molecule has 0 amide bonds. The molecule has 0 saturated carbocycles. The van der Waals surface area contributed by atoms with Crippen LogP contribution in [0.5, 0.6) is 0 Å². The van der Waals surface area contributed by atoms with Crippen molar-refractivity contribution in [1.29, 1.82) is 0 Å². The molecule has 0 saturated heterocycles. The number of benzene rings is 4. The third-order valence-electron chi connectivity index (χ3n) is 8.30. The third kappa shape index (κ3) is 6.52. The van der Waals surface area contributed by atoms with Gasteiger partial charge < -0.3 is 9.30 Å². The second-order valence-electron chi connectivity index (χ2n) is 11.3. The smallest absolute Gasteiger partial charge is 0.307 e. The topological polar surface area (TPSA) is 65.4 Å². The van der Waals surface area contributed by atoms with Gasteiger partial charge in [-0.2, -0.15) is 0 Å². The van der Waals surface area contributed by atoms with Crippen LogP contribution in [0.2, 0.25) is 0 Å². The number of esters is 1. The van der Waals surface area contributed by atoms with Crippen LogP contribution in [0, 0.1) is 20.8 Å². The molecule has 4 aromatic carbocycles. The van der Waals surface area contributed by atoms with Gasteiger partial charge in [-0.05, 0) is 87.2 Å². The van der Waals surface area contributed by atoms with Crippen LogP contribution in [0.25, 0.3) is 21.8 Å². The van der Waals surface area contributed by atoms with Crippen molar-refractivity contribution in [3.05, 3.63) is 124 Å². The first-order valence-electron chi connectivity index (χ1n) is 15.4. The van der Waals surface area contributed by atoms with Crippen LogP contribution in [0.15, 0.2) is 95.1 Å². The van der Waals surface area contributed by atoms with Crippen LogP contribution in [0.1, 0.15) is 76.6 Å². The van der Waals surface area contributed by atoms with Crippen LogP contribution in [0.4, 0.5) is 0 Å². The fourth-order valence-electron chi connectivity index (χ4n) is 6.07. The largest absolute Gasteiger partial charge is 0.431 e. The number of carbonyl (C=O) groups excluding carboxylic acids is 3. The average Bonchev–Trinajstić information content (AvgIpc) is 3.35. The highest BCUT2D eigenvalue weighted by Crippen LogP contribution is 2.34. The van der Waals surface area contributed by atoms with E-state index in [1.54, 1.807) is 11.8 Å². The second-order valence-corrected chi connectivity index (χ2v) is 12.5. The molecule has 0 aliphatic heterocycles. The van der Waals surface area contributed by atoms with E-state index >= 15 is 0 Å². The molecule has 0 bridgehead atoms. The number of allylic oxidation sites excluding steroid dienone is 2. The summed E-state index contributed by atoms with van der Waals surface area (Å²) in [6.07, 6.45) is 0.883. The van der Waals surface area contributed by atoms with E-state index in [0.29, 0.717) is 46.6 Å². The Hall–Kier alpha value is -4.42. The lowest BCUT2D eigenvalue weighted by Gasteiger charge is -2.15. The monoisotopic (exact) mass is 617 g/mol. The molecule has 0 aliphatic carbocycles. The van der Waals surface area contributed by atoms with Gasteiger partial charge in [-0.15, -0.1) is 11.8 Å². The van der Waals surface area contributed by atoms with Crippen LogP contribution in [-0.2, 0) is 16.1 Å². The Balaban J connectivity index is 1.56. The van der Waals surface area contributed by atoms with Crippen molar-refractivity contribution in [3.63, 3.8) is 0 Å². The molecule has 45 heavy (non-hydrogen) atoms. The Morgan fingerprint density at radius 1 is 0.756 bits per heavy atom. The number of nitrogens with zero attached hydrogens (tertiary/aromatic N) is 1. The molecular formula is C39H39NO4S. The number of hydrogen-bond donors (Lipinski definition) is 0. The van der Waals surface area contributed by atoms with Gasteiger partial charge in [0.05, 0.1) is 0 Å². The highest BCUT2D eigenvalue weighted by atomic mass is 32.2. The highest BCUT2D eigenvalue weighted by Gasteiger charge is 2.22. The summed E-state index contributed by atoms with van der Waals surface area (Å²) in [5.74, 6) is 0.463. The van der Waals surface area contributed by atoms with E-state index < -0.39 is 5.97 Å². The van der Waals surface area contributed by atoms with Crippen LogP contribution in [-0.4, -0.2) is 27.9 Å². The highest BCUT2D eigenvalue weighted by molar-refractivity contribution is 7.99. The summed E-state index contributed by atoms with van der Waals surface area (Å²) in [5, 5.41) is 1.83. The first kappa shape index (κ1) is 32.0. The number of thioether (sulfide) groups is 1. The number of aryl methyl sites for hydroxylation is 4. The maximum Gasteiger partial charge on any atom is 0.307 e. The molecule has 0 N–H and O–H groups in total. The van der Waals surface area contributed by atoms with Gasteiger partial charge in [0, 0.05) is 74.6 Å². The van der Waals surface area contributed by atoms with Gasteiger partial charge in [0.25, 0.3) is 0 Å². The molecule has 230 valence electrons. The first-order valence-corrected chi connectivity index (χ1v) is 16.4. The maximum atomic E-state index is 14.2. The first-order chi connectivity index (χ1) is 21.6. The summed E-state index contributed by atoms with van der Waals surface area (Å²) < 4.78 is 7.80. The molecule has 0 radical (unpaired) electrons. The number of ether oxygens (including phenoxy) is 1. The second kappa shape index (κ2) is 13.7. The summed E-state index contributed by atoms with van der Waals surface area (Å²) in [6, 6.07) is 25.4. The lowest BCUT2D eigenvalue weighted by molar-refractivity contribution is -0.137. The molecule has 0 fully saturated rings. The third-order valence-corrected chi connectivity index (χ3v) is 9.64. The zero-order valence-electron chi connectivity index (χ0n) is 26.8. The SMILES string of the molecule is CCC(OC(C)=O)=C(CCSc1c(C)cccc1C)C(=O)c1ccc2c(c1)c1cc(C(=O)c3ccccc3C)ccc1n2CC. The molecule has 5 aromatic rings. The van der Waals surface area contributed by atoms with Crippen molar-refractivity contribution in [3.8, 4) is 0 Å². The molecule has 1 aromatic heterocycles. The van der Waals surface area contributed by atoms with Crippen molar-refractivity contribution in [1.82, 2.24) is 4.57 Å². The van der Waals surface area contributed by atoms with Gasteiger partial charge in [0.2, 0.25) is 0 Å². The van der Waals surface area contributed by atoms with Crippen molar-refractivity contribution < 1.29 is 19.1 Å². The standard InChI is InChI=1S/C39H39NO4S/c1-7-36(44-27(6)41)31(20-21-45-39-25(4)13-11-14-26(39)5)38(43)29-17-19-35-33(23-29)32-22-28(16-18-34(32)40(35)8-2)37(42)30-15-10-9-12-24(30)3/h9-19,22-23H,7-8,20-21H2,1-6H3. The Kier molecular flexibility index (Phi) is 9.74. The fraction of sp³-hybridized carbons (Fsp3) is 0.256. The molecule has 0 unspecified atom stereocenters. The Morgan fingerprint density at radius 2 is 1.36 bits per heavy atom.